The fourth-order valence-electron chi connectivity index (χ4n) is 7.36. The number of amides is 2. The quantitative estimate of drug-likeness (QED) is 0.0940. The van der Waals surface area contributed by atoms with Gasteiger partial charge in [-0.25, -0.2) is 0 Å². The number of epoxide rings is 1. The minimum absolute atomic E-state index is 0.0532. The maximum Gasteiger partial charge on any atom is 0.224 e. The highest BCUT2D eigenvalue weighted by Gasteiger charge is 2.50. The van der Waals surface area contributed by atoms with Gasteiger partial charge in [0.15, 0.2) is 11.6 Å². The molecule has 2 aromatic rings. The van der Waals surface area contributed by atoms with Crippen molar-refractivity contribution in [3.8, 4) is 0 Å². The van der Waals surface area contributed by atoms with E-state index in [1.165, 1.54) is 0 Å². The van der Waals surface area contributed by atoms with Gasteiger partial charge in [-0.1, -0.05) is 88.4 Å². The largest absolute Gasteiger partial charge is 0.379 e. The molecule has 2 fully saturated rings. The van der Waals surface area contributed by atoms with Crippen molar-refractivity contribution in [2.24, 2.45) is 23.7 Å². The molecule has 0 radical (unpaired) electrons. The third-order valence-corrected chi connectivity index (χ3v) is 10.7. The maximum absolute atomic E-state index is 14.3. The molecule has 2 amide bonds. The SMILES string of the molecule is CC(C)C[C@H](NC(=O)[C@H](CCc1ccccc1)CC(=O)CCCCN1CCOCC1)C(=O)C[C@@H](Cc1ccccc1)C(=O)N[C@@H](CC(C)C)C(=O)[C@@]1(C)CO1. The number of ether oxygens (including phenoxy) is 2. The number of carbonyl (C=O) groups excluding carboxylic acids is 5. The van der Waals surface area contributed by atoms with E-state index < -0.39 is 29.5 Å². The van der Waals surface area contributed by atoms with Crippen LogP contribution in [-0.2, 0) is 46.3 Å². The summed E-state index contributed by atoms with van der Waals surface area (Å²) in [6.45, 7) is 14.3. The number of Topliss-reactive ketones (excluding diaryl/α,β-unsaturated/α-hetero) is 3. The molecule has 0 bridgehead atoms. The summed E-state index contributed by atoms with van der Waals surface area (Å²) >= 11 is 0. The van der Waals surface area contributed by atoms with E-state index in [9.17, 15) is 24.0 Å². The van der Waals surface area contributed by atoms with Crippen molar-refractivity contribution in [2.45, 2.75) is 117 Å². The first-order chi connectivity index (χ1) is 26.3. The Bertz CT molecular complexity index is 1520. The Morgan fingerprint density at radius 1 is 0.745 bits per heavy atom. The van der Waals surface area contributed by atoms with Crippen molar-refractivity contribution < 1.29 is 33.4 Å². The zero-order chi connectivity index (χ0) is 39.8. The second-order valence-corrected chi connectivity index (χ2v) is 16.7. The summed E-state index contributed by atoms with van der Waals surface area (Å²) in [6, 6.07) is 17.9. The molecule has 55 heavy (non-hydrogen) atoms. The van der Waals surface area contributed by atoms with Crippen LogP contribution in [0, 0.1) is 23.7 Å². The normalized spacial score (nSPS) is 19.3. The fraction of sp³-hybridized carbons (Fsp3) is 0.622. The van der Waals surface area contributed by atoms with Crippen molar-refractivity contribution in [2.75, 3.05) is 39.5 Å². The Hall–Kier alpha value is -3.73. The molecule has 2 N–H and O–H groups in total. The van der Waals surface area contributed by atoms with Gasteiger partial charge in [-0.2, -0.15) is 0 Å². The Labute approximate surface area is 328 Å². The van der Waals surface area contributed by atoms with Crippen molar-refractivity contribution in [1.29, 1.82) is 0 Å². The average molecular weight is 760 g/mol. The number of morpholine rings is 1. The molecular formula is C45H65N3O7. The molecule has 0 saturated carbocycles. The highest BCUT2D eigenvalue weighted by Crippen LogP contribution is 2.30. The molecule has 0 aromatic heterocycles. The summed E-state index contributed by atoms with van der Waals surface area (Å²) in [5.74, 6) is -2.13. The molecule has 0 unspecified atom stereocenters. The third-order valence-electron chi connectivity index (χ3n) is 10.7. The molecule has 2 aliphatic rings. The van der Waals surface area contributed by atoms with E-state index in [-0.39, 0.29) is 53.8 Å². The number of aryl methyl sites for hydroxylation is 1. The van der Waals surface area contributed by atoms with Gasteiger partial charge >= 0.3 is 0 Å². The predicted octanol–water partition coefficient (Wildman–Crippen LogP) is 5.94. The number of unbranched alkanes of at least 4 members (excludes halogenated alkanes) is 1. The van der Waals surface area contributed by atoms with Crippen LogP contribution in [0.3, 0.4) is 0 Å². The minimum Gasteiger partial charge on any atom is -0.379 e. The summed E-state index contributed by atoms with van der Waals surface area (Å²) in [6.07, 6.45) is 4.36. The van der Waals surface area contributed by atoms with Crippen LogP contribution in [0.2, 0.25) is 0 Å². The molecule has 4 rings (SSSR count). The standard InChI is InChI=1S/C45H65N3O7/c1-32(2)26-39(41(50)30-37(28-35-16-10-7-11-17-35)44(53)47-40(27-33(3)4)42(51)45(5)31-55-45)46-43(52)36(20-19-34-14-8-6-9-15-34)29-38(49)18-12-13-21-48-22-24-54-25-23-48/h6-11,14-17,32-33,36-37,39-40H,12-13,18-31H2,1-5H3,(H,46,52)(H,47,53)/t36-,37-,39+,40+,45-/m1/s1. The average Bonchev–Trinajstić information content (AvgIpc) is 3.92. The maximum atomic E-state index is 14.3. The summed E-state index contributed by atoms with van der Waals surface area (Å²) in [7, 11) is 0. The Kier molecular flexibility index (Phi) is 17.7. The summed E-state index contributed by atoms with van der Waals surface area (Å²) in [5.41, 5.74) is 1.08. The van der Waals surface area contributed by atoms with Crippen molar-refractivity contribution >= 4 is 29.2 Å². The number of nitrogens with one attached hydrogen (secondary N) is 2. The second kappa shape index (κ2) is 22.1. The zero-order valence-corrected chi connectivity index (χ0v) is 33.9. The van der Waals surface area contributed by atoms with E-state index in [1.807, 2.05) is 88.4 Å². The fourth-order valence-corrected chi connectivity index (χ4v) is 7.36. The number of rotatable bonds is 25. The van der Waals surface area contributed by atoms with Crippen molar-refractivity contribution in [1.82, 2.24) is 15.5 Å². The molecule has 302 valence electrons. The number of carbonyl (C=O) groups is 5. The van der Waals surface area contributed by atoms with Crippen LogP contribution in [0.1, 0.15) is 97.1 Å². The molecule has 0 spiro atoms. The number of hydrogen-bond acceptors (Lipinski definition) is 8. The van der Waals surface area contributed by atoms with E-state index >= 15 is 0 Å². The molecular weight excluding hydrogens is 695 g/mol. The Morgan fingerprint density at radius 2 is 1.31 bits per heavy atom. The number of hydrogen-bond donors (Lipinski definition) is 2. The van der Waals surface area contributed by atoms with Gasteiger partial charge in [0.05, 0.1) is 31.9 Å². The van der Waals surface area contributed by atoms with E-state index in [1.54, 1.807) is 6.92 Å². The lowest BCUT2D eigenvalue weighted by atomic mass is 9.87. The summed E-state index contributed by atoms with van der Waals surface area (Å²) in [5, 5.41) is 6.06. The van der Waals surface area contributed by atoms with E-state index in [0.29, 0.717) is 45.1 Å². The summed E-state index contributed by atoms with van der Waals surface area (Å²) in [4.78, 5) is 71.5. The molecule has 2 heterocycles. The first-order valence-electron chi connectivity index (χ1n) is 20.5. The predicted molar refractivity (Wildman–Crippen MR) is 214 cm³/mol. The van der Waals surface area contributed by atoms with Crippen LogP contribution in [0.15, 0.2) is 60.7 Å². The summed E-state index contributed by atoms with van der Waals surface area (Å²) < 4.78 is 10.9. The molecule has 5 atom stereocenters. The number of benzene rings is 2. The monoisotopic (exact) mass is 759 g/mol. The van der Waals surface area contributed by atoms with Crippen molar-refractivity contribution in [3.05, 3.63) is 71.8 Å². The van der Waals surface area contributed by atoms with E-state index in [0.717, 1.165) is 56.8 Å². The second-order valence-electron chi connectivity index (χ2n) is 16.7. The van der Waals surface area contributed by atoms with Crippen LogP contribution < -0.4 is 10.6 Å². The van der Waals surface area contributed by atoms with Gasteiger partial charge < -0.3 is 20.1 Å². The first-order valence-corrected chi connectivity index (χ1v) is 20.5. The van der Waals surface area contributed by atoms with E-state index in [4.69, 9.17) is 9.47 Å². The highest BCUT2D eigenvalue weighted by atomic mass is 16.6. The van der Waals surface area contributed by atoms with Gasteiger partial charge in [0, 0.05) is 44.2 Å². The lowest BCUT2D eigenvalue weighted by Crippen LogP contribution is -2.50. The van der Waals surface area contributed by atoms with Gasteiger partial charge in [-0.15, -0.1) is 0 Å². The van der Waals surface area contributed by atoms with Gasteiger partial charge in [0.1, 0.15) is 11.4 Å². The molecule has 2 aromatic carbocycles. The molecule has 2 aliphatic heterocycles. The van der Waals surface area contributed by atoms with Gasteiger partial charge in [0.25, 0.3) is 0 Å². The number of ketones is 3. The number of nitrogens with zero attached hydrogens (tertiary/aromatic N) is 1. The van der Waals surface area contributed by atoms with Crippen LogP contribution in [0.25, 0.3) is 0 Å². The Balaban J connectivity index is 1.46. The van der Waals surface area contributed by atoms with E-state index in [2.05, 4.69) is 15.5 Å². The van der Waals surface area contributed by atoms with Gasteiger partial charge in [-0.3, -0.25) is 28.9 Å². The third kappa shape index (κ3) is 15.4. The minimum atomic E-state index is -0.897. The zero-order valence-electron chi connectivity index (χ0n) is 33.9. The lowest BCUT2D eigenvalue weighted by Gasteiger charge is -2.27. The molecule has 10 heteroatoms. The van der Waals surface area contributed by atoms with Crippen LogP contribution in [0.5, 0.6) is 0 Å². The van der Waals surface area contributed by atoms with Crippen LogP contribution in [-0.4, -0.2) is 91.2 Å². The molecule has 10 nitrogen and oxygen atoms in total. The molecule has 2 saturated heterocycles. The first kappa shape index (κ1) is 44.0. The molecule has 0 aliphatic carbocycles. The Morgan fingerprint density at radius 3 is 1.91 bits per heavy atom. The topological polar surface area (TPSA) is 134 Å². The smallest absolute Gasteiger partial charge is 0.224 e. The van der Waals surface area contributed by atoms with Crippen LogP contribution in [0.4, 0.5) is 0 Å². The highest BCUT2D eigenvalue weighted by molar-refractivity contribution is 5.98. The van der Waals surface area contributed by atoms with Crippen LogP contribution >= 0.6 is 0 Å². The lowest BCUT2D eigenvalue weighted by molar-refractivity contribution is -0.135. The van der Waals surface area contributed by atoms with Gasteiger partial charge in [-0.05, 0) is 81.4 Å². The van der Waals surface area contributed by atoms with Crippen molar-refractivity contribution in [3.63, 3.8) is 0 Å². The van der Waals surface area contributed by atoms with Gasteiger partial charge in [0.2, 0.25) is 11.8 Å².